The van der Waals surface area contributed by atoms with Crippen molar-refractivity contribution in [1.82, 2.24) is 15.5 Å². The van der Waals surface area contributed by atoms with Gasteiger partial charge in [0.2, 0.25) is 5.91 Å². The lowest BCUT2D eigenvalue weighted by Crippen LogP contribution is -2.35. The largest absolute Gasteiger partial charge is 0.343 e. The van der Waals surface area contributed by atoms with Crippen molar-refractivity contribution in [3.05, 3.63) is 0 Å². The van der Waals surface area contributed by atoms with E-state index in [1.807, 2.05) is 7.05 Å². The monoisotopic (exact) mass is 325 g/mol. The molecule has 0 saturated carbocycles. The summed E-state index contributed by atoms with van der Waals surface area (Å²) in [5, 5.41) is 6.71. The summed E-state index contributed by atoms with van der Waals surface area (Å²) in [6.07, 6.45) is 14.6. The third kappa shape index (κ3) is 11.5. The Hall–Kier alpha value is -0.610. The second-order valence-corrected chi connectivity index (χ2v) is 6.87. The molecule has 23 heavy (non-hydrogen) atoms. The minimum Gasteiger partial charge on any atom is -0.343 e. The summed E-state index contributed by atoms with van der Waals surface area (Å²) in [7, 11) is 1.97. The second-order valence-electron chi connectivity index (χ2n) is 6.87. The van der Waals surface area contributed by atoms with Crippen LogP contribution in [-0.4, -0.2) is 50.6 Å². The Labute approximate surface area is 143 Å². The van der Waals surface area contributed by atoms with Crippen LogP contribution >= 0.6 is 0 Å². The zero-order valence-corrected chi connectivity index (χ0v) is 15.4. The highest BCUT2D eigenvalue weighted by molar-refractivity contribution is 5.76. The quantitative estimate of drug-likeness (QED) is 0.779. The van der Waals surface area contributed by atoms with Gasteiger partial charge in [0.05, 0.1) is 0 Å². The van der Waals surface area contributed by atoms with Crippen molar-refractivity contribution in [1.29, 1.82) is 0 Å². The molecule has 0 bridgehead atoms. The highest BCUT2D eigenvalue weighted by Crippen LogP contribution is 2.12. The van der Waals surface area contributed by atoms with E-state index in [1.54, 1.807) is 0 Å². The Morgan fingerprint density at radius 2 is 1.52 bits per heavy atom. The van der Waals surface area contributed by atoms with E-state index in [0.717, 1.165) is 58.4 Å². The number of hydrogen-bond acceptors (Lipinski definition) is 3. The van der Waals surface area contributed by atoms with E-state index in [0.29, 0.717) is 5.91 Å². The molecule has 1 aliphatic rings. The molecule has 1 heterocycles. The summed E-state index contributed by atoms with van der Waals surface area (Å²) in [6.45, 7) is 4.97. The second kappa shape index (κ2) is 14.9. The minimum atomic E-state index is 0.366. The molecule has 4 nitrogen and oxygen atoms in total. The van der Waals surface area contributed by atoms with E-state index in [4.69, 9.17) is 0 Å². The van der Waals surface area contributed by atoms with Crippen LogP contribution in [0.3, 0.4) is 0 Å². The highest BCUT2D eigenvalue weighted by atomic mass is 16.2. The van der Waals surface area contributed by atoms with Gasteiger partial charge < -0.3 is 15.5 Å². The van der Waals surface area contributed by atoms with Crippen LogP contribution in [0, 0.1) is 0 Å². The van der Waals surface area contributed by atoms with Gasteiger partial charge in [-0.05, 0) is 52.4 Å². The van der Waals surface area contributed by atoms with Crippen molar-refractivity contribution in [3.8, 4) is 0 Å². The number of carbonyl (C=O) groups is 1. The van der Waals surface area contributed by atoms with Gasteiger partial charge in [0, 0.05) is 19.5 Å². The Bertz CT molecular complexity index is 284. The first kappa shape index (κ1) is 20.4. The third-order valence-electron chi connectivity index (χ3n) is 4.73. The summed E-state index contributed by atoms with van der Waals surface area (Å²) < 4.78 is 0. The van der Waals surface area contributed by atoms with E-state index in [9.17, 15) is 4.79 Å². The molecule has 1 amide bonds. The van der Waals surface area contributed by atoms with Gasteiger partial charge >= 0.3 is 0 Å². The molecule has 4 heteroatoms. The first-order valence-corrected chi connectivity index (χ1v) is 9.97. The molecular formula is C19H39N3O. The van der Waals surface area contributed by atoms with Crippen LogP contribution in [0.1, 0.15) is 77.0 Å². The van der Waals surface area contributed by atoms with Crippen LogP contribution in [0.5, 0.6) is 0 Å². The molecule has 0 aromatic heterocycles. The van der Waals surface area contributed by atoms with Gasteiger partial charge in [-0.25, -0.2) is 0 Å². The molecule has 0 aromatic carbocycles. The van der Waals surface area contributed by atoms with Crippen molar-refractivity contribution in [3.63, 3.8) is 0 Å². The van der Waals surface area contributed by atoms with Crippen molar-refractivity contribution in [2.75, 3.05) is 39.8 Å². The van der Waals surface area contributed by atoms with Gasteiger partial charge in [0.1, 0.15) is 0 Å². The van der Waals surface area contributed by atoms with Crippen molar-refractivity contribution >= 4 is 5.91 Å². The average Bonchev–Trinajstić information content (AvgIpc) is 2.56. The van der Waals surface area contributed by atoms with Crippen molar-refractivity contribution in [2.45, 2.75) is 77.0 Å². The molecule has 0 atom stereocenters. The zero-order valence-electron chi connectivity index (χ0n) is 15.4. The van der Waals surface area contributed by atoms with Crippen LogP contribution in [0.2, 0.25) is 0 Å². The van der Waals surface area contributed by atoms with Crippen LogP contribution in [0.25, 0.3) is 0 Å². The summed E-state index contributed by atoms with van der Waals surface area (Å²) in [6, 6.07) is 0. The van der Waals surface area contributed by atoms with E-state index in [1.165, 1.54) is 51.4 Å². The number of nitrogens with zero attached hydrogens (tertiary/aromatic N) is 1. The lowest BCUT2D eigenvalue weighted by Gasteiger charge is -2.23. The molecule has 1 rings (SSSR count). The van der Waals surface area contributed by atoms with E-state index in [2.05, 4.69) is 15.5 Å². The lowest BCUT2D eigenvalue weighted by molar-refractivity contribution is -0.131. The third-order valence-corrected chi connectivity index (χ3v) is 4.73. The number of hydrogen-bond donors (Lipinski definition) is 2. The molecule has 0 spiro atoms. The Kier molecular flexibility index (Phi) is 13.3. The number of amides is 1. The molecule has 1 fully saturated rings. The van der Waals surface area contributed by atoms with E-state index < -0.39 is 0 Å². The Balaban J connectivity index is 2.35. The molecule has 1 saturated heterocycles. The summed E-state index contributed by atoms with van der Waals surface area (Å²) in [5.74, 6) is 0.366. The van der Waals surface area contributed by atoms with E-state index >= 15 is 0 Å². The van der Waals surface area contributed by atoms with Gasteiger partial charge in [0.25, 0.3) is 0 Å². The fraction of sp³-hybridized carbons (Fsp3) is 0.947. The van der Waals surface area contributed by atoms with Crippen molar-refractivity contribution < 1.29 is 4.79 Å². The predicted octanol–water partition coefficient (Wildman–Crippen LogP) is 3.32. The highest BCUT2D eigenvalue weighted by Gasteiger charge is 2.12. The topological polar surface area (TPSA) is 44.4 Å². The van der Waals surface area contributed by atoms with Crippen LogP contribution in [0.4, 0.5) is 0 Å². The molecule has 2 N–H and O–H groups in total. The smallest absolute Gasteiger partial charge is 0.222 e. The predicted molar refractivity (Wildman–Crippen MR) is 98.8 cm³/mol. The Morgan fingerprint density at radius 1 is 0.913 bits per heavy atom. The summed E-state index contributed by atoms with van der Waals surface area (Å²) >= 11 is 0. The minimum absolute atomic E-state index is 0.366. The maximum absolute atomic E-state index is 12.4. The number of nitrogens with one attached hydrogen (secondary N) is 2. The molecule has 0 radical (unpaired) electrons. The van der Waals surface area contributed by atoms with Crippen LogP contribution < -0.4 is 10.6 Å². The number of carbonyl (C=O) groups excluding carboxylic acids is 1. The van der Waals surface area contributed by atoms with Gasteiger partial charge in [-0.3, -0.25) is 4.79 Å². The maximum Gasteiger partial charge on any atom is 0.222 e. The van der Waals surface area contributed by atoms with Crippen molar-refractivity contribution in [2.24, 2.45) is 0 Å². The molecule has 0 unspecified atom stereocenters. The normalized spacial score (nSPS) is 21.1. The molecule has 1 aliphatic heterocycles. The van der Waals surface area contributed by atoms with Gasteiger partial charge in [-0.1, -0.05) is 44.9 Å². The van der Waals surface area contributed by atoms with E-state index in [-0.39, 0.29) is 0 Å². The fourth-order valence-electron chi connectivity index (χ4n) is 3.25. The summed E-state index contributed by atoms with van der Waals surface area (Å²) in [5.41, 5.74) is 0. The summed E-state index contributed by atoms with van der Waals surface area (Å²) in [4.78, 5) is 14.5. The molecule has 0 aromatic rings. The SMILES string of the molecule is CNCCCN1CCCNCCCCCCCCCCCC1=O. The zero-order chi connectivity index (χ0) is 16.6. The standard InChI is InChI=1S/C19H39N3O/c1-20-14-11-17-22-18-12-16-21-15-10-8-6-4-2-3-5-7-9-13-19(22)23/h20-21H,2-18H2,1H3. The first-order chi connectivity index (χ1) is 11.3. The first-order valence-electron chi connectivity index (χ1n) is 9.97. The van der Waals surface area contributed by atoms with Crippen LogP contribution in [0.15, 0.2) is 0 Å². The average molecular weight is 326 g/mol. The number of rotatable bonds is 4. The molecular weight excluding hydrogens is 286 g/mol. The Morgan fingerprint density at radius 3 is 2.22 bits per heavy atom. The molecule has 0 aliphatic carbocycles. The fourth-order valence-corrected chi connectivity index (χ4v) is 3.25. The van der Waals surface area contributed by atoms with Gasteiger partial charge in [-0.2, -0.15) is 0 Å². The van der Waals surface area contributed by atoms with Gasteiger partial charge in [0.15, 0.2) is 0 Å². The molecule has 136 valence electrons. The van der Waals surface area contributed by atoms with Crippen LogP contribution in [-0.2, 0) is 4.79 Å². The maximum atomic E-state index is 12.4. The lowest BCUT2D eigenvalue weighted by atomic mass is 10.1. The van der Waals surface area contributed by atoms with Gasteiger partial charge in [-0.15, -0.1) is 0 Å².